The van der Waals surface area contributed by atoms with Crippen molar-refractivity contribution in [3.63, 3.8) is 0 Å². The number of benzene rings is 2. The van der Waals surface area contributed by atoms with Gasteiger partial charge in [-0.2, -0.15) is 0 Å². The SMILES string of the molecule is O=S1(=O)C[C@@H]2N=C(SCc3ccc(Cl)cc3)N(c3ccc(Br)cc3F)[C@@H]2C1. The van der Waals surface area contributed by atoms with E-state index in [1.165, 1.54) is 17.8 Å². The second-order valence-corrected chi connectivity index (χ2v) is 11.0. The Bertz CT molecular complexity index is 1010. The van der Waals surface area contributed by atoms with Gasteiger partial charge in [-0.05, 0) is 35.9 Å². The van der Waals surface area contributed by atoms with Gasteiger partial charge in [-0.3, -0.25) is 4.99 Å². The molecule has 0 bridgehead atoms. The number of rotatable bonds is 3. The van der Waals surface area contributed by atoms with Crippen LogP contribution in [0.25, 0.3) is 0 Å². The van der Waals surface area contributed by atoms with E-state index in [-0.39, 0.29) is 23.6 Å². The van der Waals surface area contributed by atoms with Crippen LogP contribution in [0.3, 0.4) is 0 Å². The van der Waals surface area contributed by atoms with Crippen molar-refractivity contribution in [3.8, 4) is 0 Å². The zero-order valence-electron chi connectivity index (χ0n) is 14.0. The van der Waals surface area contributed by atoms with Gasteiger partial charge in [-0.1, -0.05) is 51.4 Å². The van der Waals surface area contributed by atoms with Crippen molar-refractivity contribution in [1.29, 1.82) is 0 Å². The van der Waals surface area contributed by atoms with Crippen molar-refractivity contribution in [2.75, 3.05) is 16.4 Å². The minimum absolute atomic E-state index is 0.0112. The first-order valence-corrected chi connectivity index (χ1v) is 12.2. The molecule has 2 heterocycles. The fourth-order valence-electron chi connectivity index (χ4n) is 3.32. The van der Waals surface area contributed by atoms with Gasteiger partial charge in [-0.25, -0.2) is 12.8 Å². The molecule has 2 aliphatic heterocycles. The van der Waals surface area contributed by atoms with Crippen molar-refractivity contribution in [2.45, 2.75) is 17.8 Å². The lowest BCUT2D eigenvalue weighted by Gasteiger charge is -2.27. The maximum Gasteiger partial charge on any atom is 0.164 e. The van der Waals surface area contributed by atoms with Crippen molar-refractivity contribution in [2.24, 2.45) is 4.99 Å². The third kappa shape index (κ3) is 4.04. The predicted octanol–water partition coefficient (Wildman–Crippen LogP) is 4.52. The molecular weight excluding hydrogens is 475 g/mol. The highest BCUT2D eigenvalue weighted by Gasteiger charge is 2.47. The maximum absolute atomic E-state index is 14.6. The summed E-state index contributed by atoms with van der Waals surface area (Å²) in [6.45, 7) is 0. The van der Waals surface area contributed by atoms with E-state index >= 15 is 0 Å². The second-order valence-electron chi connectivity index (χ2n) is 6.50. The van der Waals surface area contributed by atoms with Gasteiger partial charge in [0.05, 0.1) is 29.3 Å². The summed E-state index contributed by atoms with van der Waals surface area (Å²) in [7, 11) is -3.17. The average Bonchev–Trinajstić information content (AvgIpc) is 3.06. The standard InChI is InChI=1S/C18H15BrClFN2O2S2/c19-12-3-6-16(14(21)7-12)23-17-10-27(24,25)9-15(17)22-18(23)26-8-11-1-4-13(20)5-2-11/h1-7,15,17H,8-10H2/t15-,17+/m0/s1. The molecule has 0 N–H and O–H groups in total. The number of hydrogen-bond donors (Lipinski definition) is 0. The van der Waals surface area contributed by atoms with Crippen LogP contribution in [0.2, 0.25) is 5.02 Å². The molecule has 0 aromatic heterocycles. The summed E-state index contributed by atoms with van der Waals surface area (Å²) in [6, 6.07) is 11.6. The molecule has 2 aliphatic rings. The van der Waals surface area contributed by atoms with Crippen molar-refractivity contribution < 1.29 is 12.8 Å². The van der Waals surface area contributed by atoms with Crippen LogP contribution in [-0.4, -0.2) is 37.2 Å². The molecule has 2 aromatic carbocycles. The topological polar surface area (TPSA) is 49.7 Å². The van der Waals surface area contributed by atoms with Gasteiger partial charge in [-0.15, -0.1) is 0 Å². The summed E-state index contributed by atoms with van der Waals surface area (Å²) in [4.78, 5) is 6.37. The van der Waals surface area contributed by atoms with Gasteiger partial charge in [0, 0.05) is 15.2 Å². The maximum atomic E-state index is 14.6. The Kier molecular flexibility index (Phi) is 5.26. The first kappa shape index (κ1) is 19.2. The van der Waals surface area contributed by atoms with Gasteiger partial charge in [0.1, 0.15) is 5.82 Å². The smallest absolute Gasteiger partial charge is 0.164 e. The minimum Gasteiger partial charge on any atom is -0.312 e. The van der Waals surface area contributed by atoms with Crippen molar-refractivity contribution >= 4 is 60.0 Å². The molecule has 1 fully saturated rings. The van der Waals surface area contributed by atoms with Gasteiger partial charge < -0.3 is 4.90 Å². The molecule has 0 aliphatic carbocycles. The Balaban J connectivity index is 1.64. The largest absolute Gasteiger partial charge is 0.312 e. The van der Waals surface area contributed by atoms with E-state index in [9.17, 15) is 12.8 Å². The predicted molar refractivity (Wildman–Crippen MR) is 113 cm³/mol. The van der Waals surface area contributed by atoms with E-state index in [0.29, 0.717) is 26.1 Å². The molecular formula is C18H15BrClFN2O2S2. The molecule has 4 nitrogen and oxygen atoms in total. The van der Waals surface area contributed by atoms with Gasteiger partial charge >= 0.3 is 0 Å². The summed E-state index contributed by atoms with van der Waals surface area (Å²) in [6.07, 6.45) is 0. The lowest BCUT2D eigenvalue weighted by atomic mass is 10.1. The molecule has 0 radical (unpaired) electrons. The van der Waals surface area contributed by atoms with Crippen LogP contribution in [0.1, 0.15) is 5.56 Å². The molecule has 2 aromatic rings. The van der Waals surface area contributed by atoms with Gasteiger partial charge in [0.15, 0.2) is 15.0 Å². The summed E-state index contributed by atoms with van der Waals surface area (Å²) in [5, 5.41) is 1.32. The van der Waals surface area contributed by atoms with Crippen LogP contribution in [0.4, 0.5) is 10.1 Å². The Morgan fingerprint density at radius 2 is 1.96 bits per heavy atom. The number of amidine groups is 1. The first-order valence-electron chi connectivity index (χ1n) is 8.22. The number of sulfone groups is 1. The molecule has 9 heteroatoms. The van der Waals surface area contributed by atoms with E-state index in [1.54, 1.807) is 17.0 Å². The number of fused-ring (bicyclic) bond motifs is 1. The molecule has 0 spiro atoms. The van der Waals surface area contributed by atoms with E-state index in [0.717, 1.165) is 5.56 Å². The molecule has 142 valence electrons. The fraction of sp³-hybridized carbons (Fsp3) is 0.278. The van der Waals surface area contributed by atoms with E-state index in [1.807, 2.05) is 24.3 Å². The van der Waals surface area contributed by atoms with E-state index in [4.69, 9.17) is 11.6 Å². The molecule has 27 heavy (non-hydrogen) atoms. The zero-order valence-corrected chi connectivity index (χ0v) is 18.0. The van der Waals surface area contributed by atoms with Crippen LogP contribution in [0.5, 0.6) is 0 Å². The van der Waals surface area contributed by atoms with Gasteiger partial charge in [0.2, 0.25) is 0 Å². The Hall–Kier alpha value is -1.09. The quantitative estimate of drug-likeness (QED) is 0.636. The normalized spacial score (nSPS) is 23.4. The molecule has 0 saturated carbocycles. The first-order chi connectivity index (χ1) is 12.8. The van der Waals surface area contributed by atoms with Gasteiger partial charge in [0.25, 0.3) is 0 Å². The van der Waals surface area contributed by atoms with E-state index < -0.39 is 15.7 Å². The second kappa shape index (κ2) is 7.39. The number of halogens is 3. The summed E-state index contributed by atoms with van der Waals surface area (Å²) in [5.74, 6) is 0.227. The average molecular weight is 490 g/mol. The number of hydrogen-bond acceptors (Lipinski definition) is 5. The third-order valence-electron chi connectivity index (χ3n) is 4.56. The number of anilines is 1. The lowest BCUT2D eigenvalue weighted by molar-refractivity contribution is 0.600. The monoisotopic (exact) mass is 488 g/mol. The van der Waals surface area contributed by atoms with Crippen LogP contribution in [-0.2, 0) is 15.6 Å². The van der Waals surface area contributed by atoms with E-state index in [2.05, 4.69) is 20.9 Å². The number of nitrogens with zero attached hydrogens (tertiary/aromatic N) is 2. The minimum atomic E-state index is -3.17. The Morgan fingerprint density at radius 1 is 1.22 bits per heavy atom. The molecule has 0 amide bonds. The molecule has 1 saturated heterocycles. The lowest BCUT2D eigenvalue weighted by Crippen LogP contribution is -2.39. The van der Waals surface area contributed by atoms with Crippen molar-refractivity contribution in [1.82, 2.24) is 0 Å². The van der Waals surface area contributed by atoms with Crippen LogP contribution in [0, 0.1) is 5.82 Å². The van der Waals surface area contributed by atoms with Crippen LogP contribution < -0.4 is 4.90 Å². The Morgan fingerprint density at radius 3 is 2.67 bits per heavy atom. The highest BCUT2D eigenvalue weighted by Crippen LogP contribution is 2.37. The summed E-state index contributed by atoms with van der Waals surface area (Å²) >= 11 is 10.7. The summed E-state index contributed by atoms with van der Waals surface area (Å²) in [5.41, 5.74) is 1.41. The van der Waals surface area contributed by atoms with Crippen LogP contribution in [0.15, 0.2) is 51.9 Å². The fourth-order valence-corrected chi connectivity index (χ4v) is 6.69. The summed E-state index contributed by atoms with van der Waals surface area (Å²) < 4.78 is 39.4. The highest BCUT2D eigenvalue weighted by atomic mass is 79.9. The molecule has 0 unspecified atom stereocenters. The third-order valence-corrected chi connectivity index (χ3v) is 8.04. The number of aliphatic imine (C=N–C) groups is 1. The molecule has 2 atom stereocenters. The highest BCUT2D eigenvalue weighted by molar-refractivity contribution is 9.10. The van der Waals surface area contributed by atoms with Crippen LogP contribution >= 0.6 is 39.3 Å². The van der Waals surface area contributed by atoms with Crippen molar-refractivity contribution in [3.05, 3.63) is 63.3 Å². The zero-order chi connectivity index (χ0) is 19.2. The Labute approximate surface area is 174 Å². The number of thioether (sulfide) groups is 1. The molecule has 4 rings (SSSR count).